The van der Waals surface area contributed by atoms with Crippen molar-refractivity contribution in [2.75, 3.05) is 13.2 Å². The Morgan fingerprint density at radius 3 is 2.70 bits per heavy atom. The molecule has 1 aliphatic rings. The molecule has 114 valence electrons. The van der Waals surface area contributed by atoms with Gasteiger partial charge >= 0.3 is 0 Å². The van der Waals surface area contributed by atoms with Crippen LogP contribution in [0.1, 0.15) is 64.0 Å². The van der Waals surface area contributed by atoms with Gasteiger partial charge in [0.05, 0.1) is 12.1 Å². The number of ether oxygens (including phenoxy) is 1. The Hall–Kier alpha value is -0.800. The van der Waals surface area contributed by atoms with Crippen LogP contribution in [0, 0.1) is 5.92 Å². The van der Waals surface area contributed by atoms with E-state index < -0.39 is 0 Å². The summed E-state index contributed by atoms with van der Waals surface area (Å²) in [5.74, 6) is 2.97. The van der Waals surface area contributed by atoms with E-state index in [0.29, 0.717) is 12.1 Å². The Kier molecular flexibility index (Phi) is 6.11. The van der Waals surface area contributed by atoms with E-state index in [-0.39, 0.29) is 0 Å². The molecule has 3 heteroatoms. The summed E-state index contributed by atoms with van der Waals surface area (Å²) in [4.78, 5) is 0. The molecule has 1 aliphatic carbocycles. The van der Waals surface area contributed by atoms with Crippen LogP contribution < -0.4 is 5.32 Å². The minimum atomic E-state index is 0.364. The summed E-state index contributed by atoms with van der Waals surface area (Å²) in [6.07, 6.45) is 6.21. The lowest BCUT2D eigenvalue weighted by Crippen LogP contribution is -2.34. The first-order valence-electron chi connectivity index (χ1n) is 8.20. The highest BCUT2D eigenvalue weighted by molar-refractivity contribution is 5.11. The maximum atomic E-state index is 5.94. The van der Waals surface area contributed by atoms with Crippen molar-refractivity contribution in [2.24, 2.45) is 5.92 Å². The van der Waals surface area contributed by atoms with Crippen molar-refractivity contribution in [3.8, 4) is 0 Å². The third-order valence-electron chi connectivity index (χ3n) is 4.18. The Balaban J connectivity index is 1.87. The van der Waals surface area contributed by atoms with Gasteiger partial charge in [-0.05, 0) is 57.2 Å². The Morgan fingerprint density at radius 2 is 2.10 bits per heavy atom. The van der Waals surface area contributed by atoms with Crippen LogP contribution in [0.3, 0.4) is 0 Å². The lowest BCUT2D eigenvalue weighted by atomic mass is 9.78. The third-order valence-corrected chi connectivity index (χ3v) is 4.18. The van der Waals surface area contributed by atoms with E-state index in [4.69, 9.17) is 9.15 Å². The molecule has 0 radical (unpaired) electrons. The van der Waals surface area contributed by atoms with Gasteiger partial charge in [0.2, 0.25) is 0 Å². The minimum Gasteiger partial charge on any atom is -0.464 e. The predicted molar refractivity (Wildman–Crippen MR) is 81.9 cm³/mol. The van der Waals surface area contributed by atoms with Gasteiger partial charge in [-0.15, -0.1) is 0 Å². The van der Waals surface area contributed by atoms with Crippen LogP contribution in [0.15, 0.2) is 16.5 Å². The summed E-state index contributed by atoms with van der Waals surface area (Å²) in [7, 11) is 0. The van der Waals surface area contributed by atoms with Crippen molar-refractivity contribution in [3.05, 3.63) is 23.7 Å². The summed E-state index contributed by atoms with van der Waals surface area (Å²) in [6.45, 7) is 8.31. The average Bonchev–Trinajstić information content (AvgIpc) is 2.89. The van der Waals surface area contributed by atoms with Crippen LogP contribution in [-0.4, -0.2) is 19.3 Å². The van der Waals surface area contributed by atoms with Crippen LogP contribution >= 0.6 is 0 Å². The predicted octanol–water partition coefficient (Wildman–Crippen LogP) is 4.09. The summed E-state index contributed by atoms with van der Waals surface area (Å²) in [5.41, 5.74) is 0. The first kappa shape index (κ1) is 15.6. The topological polar surface area (TPSA) is 34.4 Å². The van der Waals surface area contributed by atoms with E-state index in [2.05, 4.69) is 38.2 Å². The van der Waals surface area contributed by atoms with E-state index in [9.17, 15) is 0 Å². The summed E-state index contributed by atoms with van der Waals surface area (Å²) in [5, 5.41) is 3.63. The Morgan fingerprint density at radius 1 is 1.30 bits per heavy atom. The molecule has 0 aliphatic heterocycles. The molecular formula is C17H29NO2. The molecule has 1 atom stereocenters. The zero-order valence-electron chi connectivity index (χ0n) is 13.2. The normalized spacial score (nSPS) is 23.6. The molecule has 0 saturated heterocycles. The molecule has 0 spiro atoms. The van der Waals surface area contributed by atoms with Gasteiger partial charge in [0.1, 0.15) is 11.5 Å². The van der Waals surface area contributed by atoms with Gasteiger partial charge in [0, 0.05) is 13.0 Å². The molecule has 1 N–H and O–H groups in total. The number of nitrogens with one attached hydrogen (secondary N) is 1. The maximum Gasteiger partial charge on any atom is 0.121 e. The highest BCUT2D eigenvalue weighted by Crippen LogP contribution is 2.37. The first-order valence-corrected chi connectivity index (χ1v) is 8.20. The molecule has 1 heterocycles. The van der Waals surface area contributed by atoms with Crippen LogP contribution in [0.5, 0.6) is 0 Å². The molecule has 3 nitrogen and oxygen atoms in total. The molecule has 0 amide bonds. The van der Waals surface area contributed by atoms with Gasteiger partial charge in [-0.2, -0.15) is 0 Å². The third kappa shape index (κ3) is 4.10. The fraction of sp³-hybridized carbons (Fsp3) is 0.765. The second-order valence-corrected chi connectivity index (χ2v) is 5.81. The van der Waals surface area contributed by atoms with Crippen molar-refractivity contribution in [2.45, 2.75) is 65.0 Å². The van der Waals surface area contributed by atoms with Crippen LogP contribution in [0.4, 0.5) is 0 Å². The second-order valence-electron chi connectivity index (χ2n) is 5.81. The standard InChI is InChI=1S/C17H29NO2/c1-4-9-18-16(17-8-7-14(5-2)20-17)12-13-10-15(11-13)19-6-3/h7-8,13,15-16,18H,4-6,9-12H2,1-3H3. The maximum absolute atomic E-state index is 5.94. The van der Waals surface area contributed by atoms with E-state index in [1.165, 1.54) is 19.3 Å². The fourth-order valence-electron chi connectivity index (χ4n) is 2.96. The molecule has 2 rings (SSSR count). The van der Waals surface area contributed by atoms with E-state index in [1.54, 1.807) is 0 Å². The molecule has 1 aromatic heterocycles. The zero-order valence-corrected chi connectivity index (χ0v) is 13.2. The van der Waals surface area contributed by atoms with E-state index in [1.807, 2.05) is 0 Å². The van der Waals surface area contributed by atoms with Gasteiger partial charge < -0.3 is 14.5 Å². The van der Waals surface area contributed by atoms with Gasteiger partial charge in [0.15, 0.2) is 0 Å². The number of furan rings is 1. The summed E-state index contributed by atoms with van der Waals surface area (Å²) in [6, 6.07) is 4.62. The molecule has 1 fully saturated rings. The van der Waals surface area contributed by atoms with Crippen molar-refractivity contribution < 1.29 is 9.15 Å². The highest BCUT2D eigenvalue weighted by atomic mass is 16.5. The molecule has 1 saturated carbocycles. The Bertz CT molecular complexity index is 382. The molecule has 20 heavy (non-hydrogen) atoms. The SMILES string of the molecule is CCCNC(CC1CC(OCC)C1)c1ccc(CC)o1. The van der Waals surface area contributed by atoms with Gasteiger partial charge in [-0.1, -0.05) is 13.8 Å². The molecular weight excluding hydrogens is 250 g/mol. The second kappa shape index (κ2) is 7.84. The summed E-state index contributed by atoms with van der Waals surface area (Å²) < 4.78 is 11.6. The quantitative estimate of drug-likeness (QED) is 0.739. The summed E-state index contributed by atoms with van der Waals surface area (Å²) >= 11 is 0. The largest absolute Gasteiger partial charge is 0.464 e. The van der Waals surface area contributed by atoms with Crippen LogP contribution in [0.2, 0.25) is 0 Å². The van der Waals surface area contributed by atoms with Crippen molar-refractivity contribution in [3.63, 3.8) is 0 Å². The van der Waals surface area contributed by atoms with Crippen LogP contribution in [0.25, 0.3) is 0 Å². The lowest BCUT2D eigenvalue weighted by molar-refractivity contribution is -0.0297. The number of hydrogen-bond donors (Lipinski definition) is 1. The monoisotopic (exact) mass is 279 g/mol. The molecule has 0 aromatic carbocycles. The van der Waals surface area contributed by atoms with Crippen LogP contribution in [-0.2, 0) is 11.2 Å². The first-order chi connectivity index (χ1) is 9.76. The van der Waals surface area contributed by atoms with Gasteiger partial charge in [-0.25, -0.2) is 0 Å². The minimum absolute atomic E-state index is 0.364. The van der Waals surface area contributed by atoms with E-state index in [0.717, 1.165) is 43.4 Å². The highest BCUT2D eigenvalue weighted by Gasteiger charge is 2.32. The van der Waals surface area contributed by atoms with Crippen molar-refractivity contribution in [1.82, 2.24) is 5.32 Å². The van der Waals surface area contributed by atoms with Gasteiger partial charge in [0.25, 0.3) is 0 Å². The zero-order chi connectivity index (χ0) is 14.4. The number of hydrogen-bond acceptors (Lipinski definition) is 3. The van der Waals surface area contributed by atoms with Crippen molar-refractivity contribution >= 4 is 0 Å². The molecule has 1 aromatic rings. The smallest absolute Gasteiger partial charge is 0.121 e. The fourth-order valence-corrected chi connectivity index (χ4v) is 2.96. The van der Waals surface area contributed by atoms with Crippen molar-refractivity contribution in [1.29, 1.82) is 0 Å². The number of rotatable bonds is 9. The molecule has 1 unspecified atom stereocenters. The number of aryl methyl sites for hydroxylation is 1. The lowest BCUT2D eigenvalue weighted by Gasteiger charge is -2.36. The Labute approximate surface area is 123 Å². The molecule has 0 bridgehead atoms. The average molecular weight is 279 g/mol. The van der Waals surface area contributed by atoms with Gasteiger partial charge in [-0.3, -0.25) is 0 Å². The van der Waals surface area contributed by atoms with E-state index >= 15 is 0 Å².